The number of methoxy groups -OCH3 is 2. The number of aromatic nitrogens is 1. The van der Waals surface area contributed by atoms with Crippen LogP contribution in [0.1, 0.15) is 11.6 Å². The fourth-order valence-electron chi connectivity index (χ4n) is 1.27. The van der Waals surface area contributed by atoms with Gasteiger partial charge in [-0.25, -0.2) is 4.98 Å². The average molecular weight is 260 g/mol. The molecule has 1 aromatic heterocycles. The topological polar surface area (TPSA) is 31.4 Å². The highest BCUT2D eigenvalue weighted by molar-refractivity contribution is 9.10. The number of rotatable bonds is 5. The first kappa shape index (κ1) is 11.6. The highest BCUT2D eigenvalue weighted by Crippen LogP contribution is 2.16. The van der Waals surface area contributed by atoms with E-state index < -0.39 is 0 Å². The Morgan fingerprint density at radius 3 is 2.43 bits per heavy atom. The second-order valence-corrected chi connectivity index (χ2v) is 3.81. The van der Waals surface area contributed by atoms with Gasteiger partial charge in [-0.15, -0.1) is 0 Å². The van der Waals surface area contributed by atoms with E-state index in [4.69, 9.17) is 9.47 Å². The van der Waals surface area contributed by atoms with E-state index in [1.807, 2.05) is 18.2 Å². The quantitative estimate of drug-likeness (QED) is 0.761. The van der Waals surface area contributed by atoms with Crippen LogP contribution in [0, 0.1) is 0 Å². The van der Waals surface area contributed by atoms with Crippen molar-refractivity contribution in [3.63, 3.8) is 0 Å². The van der Waals surface area contributed by atoms with Gasteiger partial charge in [-0.2, -0.15) is 0 Å². The smallest absolute Gasteiger partial charge is 0.106 e. The molecule has 0 saturated carbocycles. The van der Waals surface area contributed by atoms with Crippen LogP contribution in [-0.4, -0.2) is 32.4 Å². The van der Waals surface area contributed by atoms with E-state index in [0.29, 0.717) is 13.2 Å². The van der Waals surface area contributed by atoms with Gasteiger partial charge in [0.1, 0.15) is 4.60 Å². The zero-order valence-corrected chi connectivity index (χ0v) is 9.95. The van der Waals surface area contributed by atoms with Crippen LogP contribution in [0.4, 0.5) is 0 Å². The lowest BCUT2D eigenvalue weighted by atomic mass is 10.1. The fourth-order valence-corrected chi connectivity index (χ4v) is 1.63. The van der Waals surface area contributed by atoms with Crippen LogP contribution in [0.3, 0.4) is 0 Å². The minimum atomic E-state index is 0.197. The Morgan fingerprint density at radius 1 is 1.29 bits per heavy atom. The molecule has 0 aromatic carbocycles. The third kappa shape index (κ3) is 3.36. The lowest BCUT2D eigenvalue weighted by Crippen LogP contribution is -2.13. The van der Waals surface area contributed by atoms with Crippen molar-refractivity contribution in [1.82, 2.24) is 4.98 Å². The van der Waals surface area contributed by atoms with Crippen molar-refractivity contribution in [3.05, 3.63) is 28.5 Å². The molecule has 0 fully saturated rings. The Hall–Kier alpha value is -0.450. The number of halogens is 1. The number of nitrogens with zero attached hydrogens (tertiary/aromatic N) is 1. The molecule has 0 unspecified atom stereocenters. The summed E-state index contributed by atoms with van der Waals surface area (Å²) in [6.07, 6.45) is 0. The van der Waals surface area contributed by atoms with Crippen LogP contribution in [0.5, 0.6) is 0 Å². The van der Waals surface area contributed by atoms with Gasteiger partial charge in [0.25, 0.3) is 0 Å². The fraction of sp³-hybridized carbons (Fsp3) is 0.500. The summed E-state index contributed by atoms with van der Waals surface area (Å²) >= 11 is 3.34. The summed E-state index contributed by atoms with van der Waals surface area (Å²) < 4.78 is 11.1. The Bertz CT molecular complexity index is 275. The Labute approximate surface area is 92.6 Å². The largest absolute Gasteiger partial charge is 0.384 e. The first-order valence-electron chi connectivity index (χ1n) is 4.38. The van der Waals surface area contributed by atoms with E-state index >= 15 is 0 Å². The van der Waals surface area contributed by atoms with E-state index in [1.165, 1.54) is 0 Å². The molecule has 0 radical (unpaired) electrons. The van der Waals surface area contributed by atoms with Crippen molar-refractivity contribution in [2.24, 2.45) is 0 Å². The second-order valence-electron chi connectivity index (χ2n) is 2.99. The number of hydrogen-bond donors (Lipinski definition) is 0. The van der Waals surface area contributed by atoms with Gasteiger partial charge in [0.05, 0.1) is 13.2 Å². The summed E-state index contributed by atoms with van der Waals surface area (Å²) in [7, 11) is 3.36. The standard InChI is InChI=1S/C10H14BrNO2/c1-13-6-8(7-14-2)9-4-3-5-10(11)12-9/h3-5,8H,6-7H2,1-2H3. The summed E-state index contributed by atoms with van der Waals surface area (Å²) in [6.45, 7) is 1.24. The van der Waals surface area contributed by atoms with Gasteiger partial charge in [-0.3, -0.25) is 0 Å². The molecule has 0 aliphatic rings. The van der Waals surface area contributed by atoms with Gasteiger partial charge in [0.15, 0.2) is 0 Å². The molecule has 1 rings (SSSR count). The van der Waals surface area contributed by atoms with Gasteiger partial charge < -0.3 is 9.47 Å². The zero-order chi connectivity index (χ0) is 10.4. The molecule has 4 heteroatoms. The van der Waals surface area contributed by atoms with E-state index in [2.05, 4.69) is 20.9 Å². The lowest BCUT2D eigenvalue weighted by molar-refractivity contribution is 0.115. The first-order chi connectivity index (χ1) is 6.77. The Kier molecular flexibility index (Phi) is 5.07. The average Bonchev–Trinajstić information content (AvgIpc) is 2.17. The van der Waals surface area contributed by atoms with Crippen molar-refractivity contribution in [3.8, 4) is 0 Å². The Morgan fingerprint density at radius 2 is 1.93 bits per heavy atom. The maximum atomic E-state index is 5.12. The van der Waals surface area contributed by atoms with Gasteiger partial charge >= 0.3 is 0 Å². The second kappa shape index (κ2) is 6.11. The maximum absolute atomic E-state index is 5.12. The molecule has 0 bridgehead atoms. The summed E-state index contributed by atoms with van der Waals surface area (Å²) in [5.41, 5.74) is 0.989. The number of pyridine rings is 1. The minimum absolute atomic E-state index is 0.197. The summed E-state index contributed by atoms with van der Waals surface area (Å²) in [4.78, 5) is 4.37. The number of hydrogen-bond acceptors (Lipinski definition) is 3. The van der Waals surface area contributed by atoms with Crippen molar-refractivity contribution < 1.29 is 9.47 Å². The Balaban J connectivity index is 2.75. The van der Waals surface area contributed by atoms with Gasteiger partial charge in [-0.05, 0) is 28.1 Å². The molecule has 0 spiro atoms. The van der Waals surface area contributed by atoms with Gasteiger partial charge in [0, 0.05) is 25.8 Å². The molecule has 0 saturated heterocycles. The molecule has 0 aliphatic heterocycles. The predicted octanol–water partition coefficient (Wildman–Crippen LogP) is 2.22. The van der Waals surface area contributed by atoms with E-state index in [-0.39, 0.29) is 5.92 Å². The zero-order valence-electron chi connectivity index (χ0n) is 8.37. The molecule has 1 heterocycles. The minimum Gasteiger partial charge on any atom is -0.384 e. The van der Waals surface area contributed by atoms with E-state index in [1.54, 1.807) is 14.2 Å². The van der Waals surface area contributed by atoms with Gasteiger partial charge in [0.2, 0.25) is 0 Å². The predicted molar refractivity (Wildman–Crippen MR) is 58.4 cm³/mol. The maximum Gasteiger partial charge on any atom is 0.106 e. The third-order valence-corrected chi connectivity index (χ3v) is 2.33. The molecule has 3 nitrogen and oxygen atoms in total. The lowest BCUT2D eigenvalue weighted by Gasteiger charge is -2.14. The summed E-state index contributed by atoms with van der Waals surface area (Å²) in [6, 6.07) is 5.85. The normalized spacial score (nSPS) is 10.9. The van der Waals surface area contributed by atoms with Crippen LogP contribution in [-0.2, 0) is 9.47 Å². The SMILES string of the molecule is COCC(COC)c1cccc(Br)n1. The van der Waals surface area contributed by atoms with Gasteiger partial charge in [-0.1, -0.05) is 6.07 Å². The van der Waals surface area contributed by atoms with Crippen LogP contribution < -0.4 is 0 Å². The molecule has 1 aromatic rings. The van der Waals surface area contributed by atoms with E-state index in [0.717, 1.165) is 10.3 Å². The molecule has 78 valence electrons. The summed E-state index contributed by atoms with van der Waals surface area (Å²) in [5, 5.41) is 0. The first-order valence-corrected chi connectivity index (χ1v) is 5.17. The highest BCUT2D eigenvalue weighted by Gasteiger charge is 2.12. The highest BCUT2D eigenvalue weighted by atomic mass is 79.9. The monoisotopic (exact) mass is 259 g/mol. The van der Waals surface area contributed by atoms with Crippen molar-refractivity contribution in [2.45, 2.75) is 5.92 Å². The summed E-state index contributed by atoms with van der Waals surface area (Å²) in [5.74, 6) is 0.197. The molecule has 14 heavy (non-hydrogen) atoms. The molecule has 0 amide bonds. The molecule has 0 aliphatic carbocycles. The third-order valence-electron chi connectivity index (χ3n) is 1.89. The van der Waals surface area contributed by atoms with Crippen LogP contribution in [0.2, 0.25) is 0 Å². The van der Waals surface area contributed by atoms with Crippen LogP contribution in [0.25, 0.3) is 0 Å². The van der Waals surface area contributed by atoms with Crippen molar-refractivity contribution in [2.75, 3.05) is 27.4 Å². The molecule has 0 N–H and O–H groups in total. The van der Waals surface area contributed by atoms with Crippen molar-refractivity contribution >= 4 is 15.9 Å². The van der Waals surface area contributed by atoms with Crippen molar-refractivity contribution in [1.29, 1.82) is 0 Å². The van der Waals surface area contributed by atoms with Crippen LogP contribution >= 0.6 is 15.9 Å². The number of ether oxygens (including phenoxy) is 2. The molecular formula is C10H14BrNO2. The molecule has 0 atom stereocenters. The molecular weight excluding hydrogens is 246 g/mol. The van der Waals surface area contributed by atoms with E-state index in [9.17, 15) is 0 Å². The van der Waals surface area contributed by atoms with Crippen LogP contribution in [0.15, 0.2) is 22.8 Å².